The highest BCUT2D eigenvalue weighted by Gasteiger charge is 2.16. The van der Waals surface area contributed by atoms with Crippen LogP contribution in [-0.4, -0.2) is 12.5 Å². The van der Waals surface area contributed by atoms with Crippen LogP contribution in [0.2, 0.25) is 0 Å². The predicted octanol–water partition coefficient (Wildman–Crippen LogP) is 6.56. The lowest BCUT2D eigenvalue weighted by Crippen LogP contribution is -2.14. The highest BCUT2D eigenvalue weighted by molar-refractivity contribution is 6.10. The number of anilines is 1. The van der Waals surface area contributed by atoms with Crippen molar-refractivity contribution >= 4 is 17.7 Å². The second kappa shape index (κ2) is 12.2. The fourth-order valence-electron chi connectivity index (χ4n) is 3.69. The zero-order valence-corrected chi connectivity index (χ0v) is 20.4. The number of hydrogen-bond donors (Lipinski definition) is 1. The lowest BCUT2D eigenvalue weighted by atomic mass is 10.0. The number of aryl methyl sites for hydroxylation is 2. The number of carbonyl (C=O) groups is 1. The second-order valence-electron chi connectivity index (χ2n) is 8.15. The van der Waals surface area contributed by atoms with Crippen molar-refractivity contribution in [2.45, 2.75) is 33.8 Å². The molecule has 35 heavy (non-hydrogen) atoms. The number of carbonyl (C=O) groups excluding carboxylic acids is 1. The molecule has 0 unspecified atom stereocenters. The van der Waals surface area contributed by atoms with Crippen LogP contribution in [0, 0.1) is 25.2 Å². The van der Waals surface area contributed by atoms with Gasteiger partial charge in [-0.3, -0.25) is 4.79 Å². The maximum absolute atomic E-state index is 12.9. The highest BCUT2D eigenvalue weighted by Crippen LogP contribution is 2.35. The first-order chi connectivity index (χ1) is 16.9. The van der Waals surface area contributed by atoms with Crippen LogP contribution in [0.3, 0.4) is 0 Å². The van der Waals surface area contributed by atoms with Gasteiger partial charge in [0.1, 0.15) is 18.2 Å². The van der Waals surface area contributed by atoms with Crippen LogP contribution in [-0.2, 0) is 17.8 Å². The van der Waals surface area contributed by atoms with E-state index in [1.54, 1.807) is 18.2 Å². The van der Waals surface area contributed by atoms with Gasteiger partial charge in [0.2, 0.25) is 0 Å². The minimum absolute atomic E-state index is 0.00469. The zero-order chi connectivity index (χ0) is 25.2. The van der Waals surface area contributed by atoms with Gasteiger partial charge >= 0.3 is 0 Å². The molecule has 1 N–H and O–H groups in total. The summed E-state index contributed by atoms with van der Waals surface area (Å²) in [6.45, 7) is 10.5. The number of benzene rings is 3. The van der Waals surface area contributed by atoms with E-state index < -0.39 is 5.91 Å². The van der Waals surface area contributed by atoms with Gasteiger partial charge in [-0.25, -0.2) is 0 Å². The molecule has 3 rings (SSSR count). The van der Waals surface area contributed by atoms with Crippen molar-refractivity contribution in [1.29, 1.82) is 5.26 Å². The van der Waals surface area contributed by atoms with E-state index >= 15 is 0 Å². The number of nitrogens with one attached hydrogen (secondary N) is 1. The van der Waals surface area contributed by atoms with E-state index in [-0.39, 0.29) is 5.57 Å². The summed E-state index contributed by atoms with van der Waals surface area (Å²) in [6.07, 6.45) is 3.89. The van der Waals surface area contributed by atoms with E-state index in [1.165, 1.54) is 0 Å². The van der Waals surface area contributed by atoms with E-state index in [1.807, 2.05) is 81.4 Å². The standard InChI is InChI=1S/C30H30N2O3/c1-5-10-25-16-24(17-26(19-31)30(33)32-27-14-13-21(3)15-22(27)4)18-28(34-6-2)29(25)35-20-23-11-8-7-9-12-23/h5,7-9,11-18H,1,6,10,20H2,2-4H3,(H,32,33)/b26-17+. The Labute approximate surface area is 207 Å². The molecular formula is C30H30N2O3. The van der Waals surface area contributed by atoms with Crippen LogP contribution in [0.4, 0.5) is 5.69 Å². The molecule has 5 heteroatoms. The summed E-state index contributed by atoms with van der Waals surface area (Å²) in [5.74, 6) is 0.721. The fourth-order valence-corrected chi connectivity index (χ4v) is 3.69. The molecule has 0 aliphatic heterocycles. The third kappa shape index (κ3) is 6.84. The Hall–Kier alpha value is -4.30. The van der Waals surface area contributed by atoms with Gasteiger partial charge in [0, 0.05) is 11.3 Å². The molecule has 3 aromatic rings. The van der Waals surface area contributed by atoms with Crippen molar-refractivity contribution in [3.63, 3.8) is 0 Å². The van der Waals surface area contributed by atoms with Crippen LogP contribution >= 0.6 is 0 Å². The molecule has 178 valence electrons. The summed E-state index contributed by atoms with van der Waals surface area (Å²) in [5, 5.41) is 12.5. The smallest absolute Gasteiger partial charge is 0.266 e. The van der Waals surface area contributed by atoms with Crippen molar-refractivity contribution in [2.75, 3.05) is 11.9 Å². The molecule has 0 bridgehead atoms. The van der Waals surface area contributed by atoms with Gasteiger partial charge in [-0.15, -0.1) is 6.58 Å². The van der Waals surface area contributed by atoms with Gasteiger partial charge in [-0.2, -0.15) is 5.26 Å². The SMILES string of the molecule is C=CCc1cc(/C=C(\C#N)C(=O)Nc2ccc(C)cc2C)cc(OCC)c1OCc1ccccc1. The number of nitrogens with zero attached hydrogens (tertiary/aromatic N) is 1. The number of nitriles is 1. The quantitative estimate of drug-likeness (QED) is 0.209. The molecule has 0 saturated heterocycles. The molecule has 0 aromatic heterocycles. The molecule has 0 aliphatic rings. The first-order valence-electron chi connectivity index (χ1n) is 11.5. The average molecular weight is 467 g/mol. The molecule has 1 amide bonds. The van der Waals surface area contributed by atoms with Gasteiger partial charge in [0.05, 0.1) is 6.61 Å². The van der Waals surface area contributed by atoms with Gasteiger partial charge in [-0.05, 0) is 68.2 Å². The number of hydrogen-bond acceptors (Lipinski definition) is 4. The fraction of sp³-hybridized carbons (Fsp3) is 0.200. The van der Waals surface area contributed by atoms with Crippen molar-refractivity contribution < 1.29 is 14.3 Å². The molecule has 5 nitrogen and oxygen atoms in total. The Bertz CT molecular complexity index is 1270. The zero-order valence-electron chi connectivity index (χ0n) is 20.4. The minimum Gasteiger partial charge on any atom is -0.490 e. The molecule has 0 saturated carbocycles. The Morgan fingerprint density at radius 1 is 1.09 bits per heavy atom. The molecular weight excluding hydrogens is 436 g/mol. The first kappa shape index (κ1) is 25.3. The van der Waals surface area contributed by atoms with E-state index in [4.69, 9.17) is 9.47 Å². The summed E-state index contributed by atoms with van der Waals surface area (Å²) in [6, 6.07) is 21.3. The van der Waals surface area contributed by atoms with Crippen LogP contribution in [0.1, 0.15) is 34.7 Å². The molecule has 0 aliphatic carbocycles. The monoisotopic (exact) mass is 466 g/mol. The molecule has 0 radical (unpaired) electrons. The van der Waals surface area contributed by atoms with Gasteiger partial charge in [0.15, 0.2) is 11.5 Å². The normalized spacial score (nSPS) is 10.9. The Morgan fingerprint density at radius 3 is 2.51 bits per heavy atom. The van der Waals surface area contributed by atoms with Crippen molar-refractivity contribution in [3.8, 4) is 17.6 Å². The summed E-state index contributed by atoms with van der Waals surface area (Å²) >= 11 is 0. The van der Waals surface area contributed by atoms with Crippen LogP contribution < -0.4 is 14.8 Å². The number of allylic oxidation sites excluding steroid dienone is 1. The second-order valence-corrected chi connectivity index (χ2v) is 8.15. The first-order valence-corrected chi connectivity index (χ1v) is 11.5. The van der Waals surface area contributed by atoms with Crippen molar-refractivity contribution in [1.82, 2.24) is 0 Å². The number of ether oxygens (including phenoxy) is 2. The topological polar surface area (TPSA) is 71.4 Å². The lowest BCUT2D eigenvalue weighted by Gasteiger charge is -2.17. The molecule has 3 aromatic carbocycles. The third-order valence-electron chi connectivity index (χ3n) is 5.35. The Morgan fingerprint density at radius 2 is 1.86 bits per heavy atom. The van der Waals surface area contributed by atoms with E-state index in [0.717, 1.165) is 22.3 Å². The summed E-state index contributed by atoms with van der Waals surface area (Å²) in [5.41, 5.74) is 5.28. The number of amides is 1. The molecule has 0 spiro atoms. The van der Waals surface area contributed by atoms with Crippen LogP contribution in [0.15, 0.2) is 78.9 Å². The van der Waals surface area contributed by atoms with E-state index in [0.29, 0.717) is 42.4 Å². The van der Waals surface area contributed by atoms with E-state index in [9.17, 15) is 10.1 Å². The van der Waals surface area contributed by atoms with Crippen LogP contribution in [0.25, 0.3) is 6.08 Å². The van der Waals surface area contributed by atoms with Crippen LogP contribution in [0.5, 0.6) is 11.5 Å². The summed E-state index contributed by atoms with van der Waals surface area (Å²) < 4.78 is 12.0. The number of rotatable bonds is 10. The maximum Gasteiger partial charge on any atom is 0.266 e. The third-order valence-corrected chi connectivity index (χ3v) is 5.35. The van der Waals surface area contributed by atoms with Crippen molar-refractivity contribution in [3.05, 3.63) is 107 Å². The Kier molecular flexibility index (Phi) is 8.86. The molecule has 0 fully saturated rings. The van der Waals surface area contributed by atoms with Crippen molar-refractivity contribution in [2.24, 2.45) is 0 Å². The Balaban J connectivity index is 1.93. The molecule has 0 atom stereocenters. The average Bonchev–Trinajstić information content (AvgIpc) is 2.84. The molecule has 0 heterocycles. The summed E-state index contributed by atoms with van der Waals surface area (Å²) in [7, 11) is 0. The largest absolute Gasteiger partial charge is 0.490 e. The van der Waals surface area contributed by atoms with Gasteiger partial charge in [0.25, 0.3) is 5.91 Å². The maximum atomic E-state index is 12.9. The minimum atomic E-state index is -0.466. The van der Waals surface area contributed by atoms with E-state index in [2.05, 4.69) is 11.9 Å². The predicted molar refractivity (Wildman–Crippen MR) is 140 cm³/mol. The summed E-state index contributed by atoms with van der Waals surface area (Å²) in [4.78, 5) is 12.9. The lowest BCUT2D eigenvalue weighted by molar-refractivity contribution is -0.112. The highest BCUT2D eigenvalue weighted by atomic mass is 16.5. The van der Waals surface area contributed by atoms with Gasteiger partial charge in [-0.1, -0.05) is 54.1 Å². The van der Waals surface area contributed by atoms with Gasteiger partial charge < -0.3 is 14.8 Å².